The van der Waals surface area contributed by atoms with Gasteiger partial charge in [0.25, 0.3) is 0 Å². The van der Waals surface area contributed by atoms with E-state index in [-0.39, 0.29) is 80.7 Å². The van der Waals surface area contributed by atoms with Crippen molar-refractivity contribution < 1.29 is 78.3 Å². The Morgan fingerprint density at radius 2 is 2.20 bits per heavy atom. The Kier molecular flexibility index (Phi) is 8.46. The van der Waals surface area contributed by atoms with Crippen molar-refractivity contribution in [2.45, 2.75) is 58.8 Å². The molecule has 1 saturated heterocycles. The van der Waals surface area contributed by atoms with E-state index in [0.29, 0.717) is 0 Å². The van der Waals surface area contributed by atoms with Gasteiger partial charge in [0.2, 0.25) is 0 Å². The van der Waals surface area contributed by atoms with Crippen molar-refractivity contribution >= 4 is 13.1 Å². The smallest absolute Gasteiger partial charge is 0.459 e. The third-order valence-corrected chi connectivity index (χ3v) is 3.84. The number of nitrogens with zero attached hydrogens (tertiary/aromatic N) is 2. The van der Waals surface area contributed by atoms with Gasteiger partial charge in [0.15, 0.2) is 0 Å². The van der Waals surface area contributed by atoms with Crippen LogP contribution in [0.3, 0.4) is 0 Å². The Hall–Kier alpha value is 1.25. The van der Waals surface area contributed by atoms with E-state index in [0.717, 1.165) is 25.0 Å². The third kappa shape index (κ3) is 5.16. The first-order valence-electron chi connectivity index (χ1n) is 6.96. The van der Waals surface area contributed by atoms with Gasteiger partial charge in [0.05, 0.1) is 6.33 Å². The average molecular weight is 395 g/mol. The Labute approximate surface area is 182 Å². The van der Waals surface area contributed by atoms with Crippen molar-refractivity contribution in [1.82, 2.24) is 9.55 Å². The average Bonchev–Trinajstić information content (AvgIpc) is 2.85. The Balaban J connectivity index is 0.00000200. The van der Waals surface area contributed by atoms with Gasteiger partial charge in [-0.15, -0.1) is 0 Å². The van der Waals surface area contributed by atoms with Crippen LogP contribution in [0.2, 0.25) is 0 Å². The fourth-order valence-corrected chi connectivity index (χ4v) is 1.92. The summed E-state index contributed by atoms with van der Waals surface area (Å²) in [7, 11) is 1.79. The van der Waals surface area contributed by atoms with Gasteiger partial charge in [-0.3, -0.25) is 5.92 Å². The molecule has 0 N–H and O–H groups in total. The molecule has 1 aliphatic rings. The van der Waals surface area contributed by atoms with Crippen LogP contribution in [0.5, 0.6) is 0 Å². The van der Waals surface area contributed by atoms with Gasteiger partial charge in [-0.2, -0.15) is 13.8 Å². The molecule has 1 atom stereocenters. The Morgan fingerprint density at radius 1 is 1.45 bits per heavy atom. The van der Waals surface area contributed by atoms with Crippen LogP contribution in [0.4, 0.5) is 0 Å². The topological polar surface area (TPSA) is 36.3 Å². The molecule has 2 heterocycles. The standard InChI is InChI=1S/C14H23BN2O2.Cs/c1-11(2)14(3,4)19-15-12-9-16-10-17(12)13-7-5-6-8-18-13;/h9-10,13H,5-8H2,1-4H3;/q-1;+1. The molecule has 2 rings (SSSR count). The number of hydrogen-bond acceptors (Lipinski definition) is 3. The molecule has 20 heavy (non-hydrogen) atoms. The quantitative estimate of drug-likeness (QED) is 0.486. The molecule has 0 spiro atoms. The van der Waals surface area contributed by atoms with E-state index < -0.39 is 0 Å². The van der Waals surface area contributed by atoms with Crippen molar-refractivity contribution in [3.8, 4) is 0 Å². The molecular formula is C14H23BCsN2O2. The van der Waals surface area contributed by atoms with Crippen LogP contribution in [0.1, 0.15) is 53.2 Å². The molecule has 6 heteroatoms. The number of imidazole rings is 1. The summed E-state index contributed by atoms with van der Waals surface area (Å²) in [4.78, 5) is 4.21. The SMILES string of the molecule is C[C-](C)C(C)(C)O[B]c1cncn1C1CCCCO1.[Cs+]. The normalized spacial score (nSPS) is 19.8. The van der Waals surface area contributed by atoms with Gasteiger partial charge in [-0.25, -0.2) is 4.98 Å². The van der Waals surface area contributed by atoms with E-state index in [1.165, 1.54) is 12.3 Å². The summed E-state index contributed by atoms with van der Waals surface area (Å²) < 4.78 is 13.7. The molecule has 0 aliphatic carbocycles. The second-order valence-corrected chi connectivity index (χ2v) is 5.79. The fourth-order valence-electron chi connectivity index (χ4n) is 1.92. The van der Waals surface area contributed by atoms with Crippen LogP contribution in [-0.2, 0) is 9.39 Å². The minimum absolute atomic E-state index is 0. The molecule has 0 saturated carbocycles. The summed E-state index contributed by atoms with van der Waals surface area (Å²) in [5.41, 5.74) is 0.698. The molecule has 1 aromatic heterocycles. The van der Waals surface area contributed by atoms with Gasteiger partial charge in [-0.05, 0) is 19.3 Å². The second kappa shape index (κ2) is 8.77. The largest absolute Gasteiger partial charge is 1.00 e. The predicted molar refractivity (Wildman–Crippen MR) is 76.2 cm³/mol. The van der Waals surface area contributed by atoms with Crippen LogP contribution >= 0.6 is 0 Å². The molecule has 0 aromatic carbocycles. The van der Waals surface area contributed by atoms with E-state index in [1.807, 2.05) is 12.5 Å². The Morgan fingerprint density at radius 3 is 2.80 bits per heavy atom. The van der Waals surface area contributed by atoms with Crippen LogP contribution in [0.25, 0.3) is 0 Å². The van der Waals surface area contributed by atoms with Gasteiger partial charge < -0.3 is 14.0 Å². The van der Waals surface area contributed by atoms with E-state index in [4.69, 9.17) is 9.39 Å². The molecule has 1 unspecified atom stereocenters. The molecule has 1 fully saturated rings. The number of hydrogen-bond donors (Lipinski definition) is 0. The van der Waals surface area contributed by atoms with E-state index >= 15 is 0 Å². The molecule has 0 amide bonds. The van der Waals surface area contributed by atoms with Crippen LogP contribution in [0, 0.1) is 5.92 Å². The van der Waals surface area contributed by atoms with Crippen molar-refractivity contribution in [2.24, 2.45) is 0 Å². The maximum Gasteiger partial charge on any atom is 1.00 e. The van der Waals surface area contributed by atoms with Crippen molar-refractivity contribution in [1.29, 1.82) is 0 Å². The molecule has 0 bridgehead atoms. The minimum atomic E-state index is -0.261. The first kappa shape index (κ1) is 19.3. The molecule has 1 radical (unpaired) electrons. The first-order chi connectivity index (χ1) is 9.00. The summed E-state index contributed by atoms with van der Waals surface area (Å²) in [5.74, 6) is 1.24. The second-order valence-electron chi connectivity index (χ2n) is 5.79. The molecule has 4 nitrogen and oxygen atoms in total. The number of ether oxygens (including phenoxy) is 1. The van der Waals surface area contributed by atoms with E-state index in [2.05, 4.69) is 37.2 Å². The van der Waals surface area contributed by atoms with Crippen LogP contribution in [-0.4, -0.2) is 29.2 Å². The summed E-state index contributed by atoms with van der Waals surface area (Å²) in [6, 6.07) is 0. The number of rotatable bonds is 5. The summed E-state index contributed by atoms with van der Waals surface area (Å²) in [6.07, 6.45) is 7.13. The van der Waals surface area contributed by atoms with E-state index in [9.17, 15) is 0 Å². The third-order valence-electron chi connectivity index (χ3n) is 3.84. The number of aromatic nitrogens is 2. The predicted octanol–water partition coefficient (Wildman–Crippen LogP) is -0.760. The van der Waals surface area contributed by atoms with Crippen molar-refractivity contribution in [3.05, 3.63) is 18.4 Å². The molecular weight excluding hydrogens is 372 g/mol. The minimum Gasteiger partial charge on any atom is -0.459 e. The maximum atomic E-state index is 5.89. The monoisotopic (exact) mass is 395 g/mol. The first-order valence-corrected chi connectivity index (χ1v) is 6.96. The molecule has 105 valence electrons. The summed E-state index contributed by atoms with van der Waals surface area (Å²) in [6.45, 7) is 9.12. The fraction of sp³-hybridized carbons (Fsp3) is 0.714. The van der Waals surface area contributed by atoms with Crippen LogP contribution in [0.15, 0.2) is 12.5 Å². The molecule has 1 aromatic rings. The summed E-state index contributed by atoms with van der Waals surface area (Å²) >= 11 is 0. The van der Waals surface area contributed by atoms with Gasteiger partial charge in [0.1, 0.15) is 6.23 Å². The van der Waals surface area contributed by atoms with Crippen molar-refractivity contribution in [2.75, 3.05) is 6.61 Å². The molecule has 1 aliphatic heterocycles. The maximum absolute atomic E-state index is 5.89. The van der Waals surface area contributed by atoms with E-state index in [1.54, 1.807) is 7.48 Å². The van der Waals surface area contributed by atoms with Crippen molar-refractivity contribution in [3.63, 3.8) is 0 Å². The zero-order chi connectivity index (χ0) is 13.9. The van der Waals surface area contributed by atoms with Crippen LogP contribution < -0.4 is 74.5 Å². The van der Waals surface area contributed by atoms with Gasteiger partial charge in [0, 0.05) is 18.4 Å². The Bertz CT molecular complexity index is 404. The van der Waals surface area contributed by atoms with Gasteiger partial charge in [-0.1, -0.05) is 19.4 Å². The van der Waals surface area contributed by atoms with Gasteiger partial charge >= 0.3 is 76.4 Å². The summed E-state index contributed by atoms with van der Waals surface area (Å²) in [5, 5.41) is 0. The zero-order valence-corrected chi connectivity index (χ0v) is 19.6. The zero-order valence-electron chi connectivity index (χ0n) is 13.3.